The minimum absolute atomic E-state index is 0.183. The predicted molar refractivity (Wildman–Crippen MR) is 86.1 cm³/mol. The summed E-state index contributed by atoms with van der Waals surface area (Å²) in [6, 6.07) is 8.38. The number of esters is 1. The number of amides is 1. The molecule has 3 N–H and O–H groups in total. The van der Waals surface area contributed by atoms with Crippen LogP contribution in [-0.2, 0) is 30.4 Å². The molecular formula is C17H23NO7. The zero-order chi connectivity index (χ0) is 18.4. The van der Waals surface area contributed by atoms with Gasteiger partial charge in [0.15, 0.2) is 12.4 Å². The van der Waals surface area contributed by atoms with Crippen molar-refractivity contribution in [1.82, 2.24) is 5.32 Å². The Morgan fingerprint density at radius 3 is 2.48 bits per heavy atom. The Balaban J connectivity index is 2.19. The molecule has 0 aromatic heterocycles. The molecule has 25 heavy (non-hydrogen) atoms. The minimum atomic E-state index is -1.30. The molecule has 0 bridgehead atoms. The van der Waals surface area contributed by atoms with Gasteiger partial charge in [-0.2, -0.15) is 0 Å². The van der Waals surface area contributed by atoms with Gasteiger partial charge in [0.1, 0.15) is 18.2 Å². The largest absolute Gasteiger partial charge is 0.457 e. The molecule has 1 aliphatic heterocycles. The average Bonchev–Trinajstić information content (AvgIpc) is 2.57. The van der Waals surface area contributed by atoms with Crippen LogP contribution in [-0.4, -0.2) is 59.3 Å². The van der Waals surface area contributed by atoms with Gasteiger partial charge in [-0.1, -0.05) is 30.3 Å². The van der Waals surface area contributed by atoms with Gasteiger partial charge in [-0.15, -0.1) is 0 Å². The topological polar surface area (TPSA) is 114 Å². The first-order chi connectivity index (χ1) is 11.9. The van der Waals surface area contributed by atoms with E-state index in [2.05, 4.69) is 5.32 Å². The number of hydrogen-bond donors (Lipinski definition) is 3. The van der Waals surface area contributed by atoms with Crippen LogP contribution in [0.4, 0.5) is 0 Å². The molecule has 0 radical (unpaired) electrons. The Labute approximate surface area is 145 Å². The van der Waals surface area contributed by atoms with E-state index >= 15 is 0 Å². The maximum absolute atomic E-state index is 11.5. The lowest BCUT2D eigenvalue weighted by Crippen LogP contribution is -2.65. The van der Waals surface area contributed by atoms with E-state index in [0.717, 1.165) is 5.56 Å². The molecule has 5 atom stereocenters. The fraction of sp³-hybridized carbons (Fsp3) is 0.529. The van der Waals surface area contributed by atoms with Crippen LogP contribution in [0.2, 0.25) is 0 Å². The molecule has 1 aromatic rings. The van der Waals surface area contributed by atoms with E-state index in [1.165, 1.54) is 13.8 Å². The van der Waals surface area contributed by atoms with Crippen molar-refractivity contribution in [1.29, 1.82) is 0 Å². The summed E-state index contributed by atoms with van der Waals surface area (Å²) >= 11 is 0. The third-order valence-electron chi connectivity index (χ3n) is 3.78. The molecule has 8 heteroatoms. The van der Waals surface area contributed by atoms with Crippen LogP contribution < -0.4 is 5.32 Å². The van der Waals surface area contributed by atoms with E-state index in [9.17, 15) is 19.8 Å². The number of benzene rings is 1. The van der Waals surface area contributed by atoms with Crippen LogP contribution in [0, 0.1) is 0 Å². The quantitative estimate of drug-likeness (QED) is 0.603. The van der Waals surface area contributed by atoms with Crippen molar-refractivity contribution >= 4 is 11.9 Å². The number of nitrogens with one attached hydrogen (secondary N) is 1. The fourth-order valence-corrected chi connectivity index (χ4v) is 2.68. The van der Waals surface area contributed by atoms with Crippen molar-refractivity contribution in [3.05, 3.63) is 35.9 Å². The number of carbonyl (C=O) groups is 2. The Hall–Kier alpha value is -2.00. The summed E-state index contributed by atoms with van der Waals surface area (Å²) < 4.78 is 16.4. The lowest BCUT2D eigenvalue weighted by Gasteiger charge is -2.43. The molecule has 0 aliphatic carbocycles. The van der Waals surface area contributed by atoms with Gasteiger partial charge in [0.05, 0.1) is 13.2 Å². The summed E-state index contributed by atoms with van der Waals surface area (Å²) in [6.45, 7) is 2.18. The molecule has 1 fully saturated rings. The number of rotatable bonds is 6. The Bertz CT molecular complexity index is 580. The SMILES string of the molecule is CC(=O)NC1C(OCc2ccccc2)OC(CO)C(O)[C@@H]1OC(C)=O. The second-order valence-corrected chi connectivity index (χ2v) is 5.81. The molecule has 1 aromatic carbocycles. The van der Waals surface area contributed by atoms with E-state index < -0.39 is 49.1 Å². The molecule has 1 aliphatic rings. The number of ether oxygens (including phenoxy) is 3. The van der Waals surface area contributed by atoms with E-state index in [1.54, 1.807) is 0 Å². The van der Waals surface area contributed by atoms with Crippen LogP contribution in [0.15, 0.2) is 30.3 Å². The predicted octanol–water partition coefficient (Wildman–Crippen LogP) is -0.282. The monoisotopic (exact) mass is 353 g/mol. The third-order valence-corrected chi connectivity index (χ3v) is 3.78. The highest BCUT2D eigenvalue weighted by Gasteiger charge is 2.48. The van der Waals surface area contributed by atoms with Crippen molar-refractivity contribution in [2.45, 2.75) is 51.1 Å². The molecule has 1 heterocycles. The first-order valence-corrected chi connectivity index (χ1v) is 7.96. The summed E-state index contributed by atoms with van der Waals surface area (Å²) in [5, 5.41) is 22.3. The highest BCUT2D eigenvalue weighted by Crippen LogP contribution is 2.25. The Kier molecular flexibility index (Phi) is 6.89. The molecule has 0 spiro atoms. The molecule has 138 valence electrons. The van der Waals surface area contributed by atoms with Crippen LogP contribution in [0.1, 0.15) is 19.4 Å². The highest BCUT2D eigenvalue weighted by molar-refractivity contribution is 5.73. The van der Waals surface area contributed by atoms with Gasteiger partial charge >= 0.3 is 5.97 Å². The maximum Gasteiger partial charge on any atom is 0.303 e. The summed E-state index contributed by atoms with van der Waals surface area (Å²) in [5.74, 6) is -1.02. The van der Waals surface area contributed by atoms with Gasteiger partial charge in [0, 0.05) is 13.8 Å². The van der Waals surface area contributed by atoms with Crippen LogP contribution >= 0.6 is 0 Å². The smallest absolute Gasteiger partial charge is 0.303 e. The number of aliphatic hydroxyl groups is 2. The van der Waals surface area contributed by atoms with Gasteiger partial charge in [-0.25, -0.2) is 0 Å². The van der Waals surface area contributed by atoms with Gasteiger partial charge in [-0.05, 0) is 5.56 Å². The zero-order valence-electron chi connectivity index (χ0n) is 14.1. The van der Waals surface area contributed by atoms with Crippen LogP contribution in [0.25, 0.3) is 0 Å². The van der Waals surface area contributed by atoms with Crippen molar-refractivity contribution < 1.29 is 34.0 Å². The molecule has 2 rings (SSSR count). The highest BCUT2D eigenvalue weighted by atomic mass is 16.7. The second kappa shape index (κ2) is 8.91. The average molecular weight is 353 g/mol. The number of hydrogen-bond acceptors (Lipinski definition) is 7. The molecule has 1 saturated heterocycles. The molecular weight excluding hydrogens is 330 g/mol. The van der Waals surface area contributed by atoms with Crippen molar-refractivity contribution in [3.63, 3.8) is 0 Å². The van der Waals surface area contributed by atoms with Gasteiger partial charge in [0.25, 0.3) is 0 Å². The zero-order valence-corrected chi connectivity index (χ0v) is 14.1. The summed E-state index contributed by atoms with van der Waals surface area (Å²) in [4.78, 5) is 22.9. The first-order valence-electron chi connectivity index (χ1n) is 7.96. The van der Waals surface area contributed by atoms with E-state index in [4.69, 9.17) is 14.2 Å². The molecule has 1 amide bonds. The normalized spacial score (nSPS) is 29.0. The van der Waals surface area contributed by atoms with Crippen molar-refractivity contribution in [2.75, 3.05) is 6.61 Å². The van der Waals surface area contributed by atoms with Crippen LogP contribution in [0.3, 0.4) is 0 Å². The van der Waals surface area contributed by atoms with Crippen LogP contribution in [0.5, 0.6) is 0 Å². The fourth-order valence-electron chi connectivity index (χ4n) is 2.68. The third kappa shape index (κ3) is 5.23. The number of carbonyl (C=O) groups excluding carboxylic acids is 2. The summed E-state index contributed by atoms with van der Waals surface area (Å²) in [5.41, 5.74) is 0.878. The van der Waals surface area contributed by atoms with Crippen molar-refractivity contribution in [2.24, 2.45) is 0 Å². The van der Waals surface area contributed by atoms with E-state index in [-0.39, 0.29) is 6.61 Å². The van der Waals surface area contributed by atoms with Gasteiger partial charge < -0.3 is 29.7 Å². The van der Waals surface area contributed by atoms with Gasteiger partial charge in [-0.3, -0.25) is 9.59 Å². The molecule has 8 nitrogen and oxygen atoms in total. The minimum Gasteiger partial charge on any atom is -0.457 e. The maximum atomic E-state index is 11.5. The summed E-state index contributed by atoms with van der Waals surface area (Å²) in [7, 11) is 0. The molecule has 0 saturated carbocycles. The second-order valence-electron chi connectivity index (χ2n) is 5.81. The lowest BCUT2D eigenvalue weighted by atomic mass is 9.96. The molecule has 4 unspecified atom stereocenters. The summed E-state index contributed by atoms with van der Waals surface area (Å²) in [6.07, 6.45) is -4.42. The van der Waals surface area contributed by atoms with Crippen molar-refractivity contribution in [3.8, 4) is 0 Å². The van der Waals surface area contributed by atoms with E-state index in [1.807, 2.05) is 30.3 Å². The first kappa shape index (κ1) is 19.3. The van der Waals surface area contributed by atoms with Gasteiger partial charge in [0.2, 0.25) is 5.91 Å². The standard InChI is InChI=1S/C17H23NO7/c1-10(20)18-14-16(24-11(2)21)15(22)13(8-19)25-17(14)23-9-12-6-4-3-5-7-12/h3-7,13-17,19,22H,8-9H2,1-2H3,(H,18,20)/t13?,14?,15?,16-,17?/m1/s1. The number of aliphatic hydroxyl groups excluding tert-OH is 2. The Morgan fingerprint density at radius 2 is 1.92 bits per heavy atom. The Morgan fingerprint density at radius 1 is 1.24 bits per heavy atom. The lowest BCUT2D eigenvalue weighted by molar-refractivity contribution is -0.276. The van der Waals surface area contributed by atoms with E-state index in [0.29, 0.717) is 0 Å².